The summed E-state index contributed by atoms with van der Waals surface area (Å²) >= 11 is 5.90. The Labute approximate surface area is 150 Å². The number of nitrogens with two attached hydrogens (primary N) is 1. The molecule has 1 amide bonds. The van der Waals surface area contributed by atoms with Crippen molar-refractivity contribution >= 4 is 23.3 Å². The molecule has 0 aliphatic heterocycles. The molecular weight excluding hydrogens is 345 g/mol. The first kappa shape index (κ1) is 18.7. The molecule has 0 aliphatic carbocycles. The number of rotatable bonds is 8. The van der Waals surface area contributed by atoms with Gasteiger partial charge < -0.3 is 11.1 Å². The zero-order valence-electron chi connectivity index (χ0n) is 13.6. The van der Waals surface area contributed by atoms with E-state index in [-0.39, 0.29) is 28.7 Å². The van der Waals surface area contributed by atoms with E-state index < -0.39 is 5.82 Å². The molecule has 2 aromatic rings. The van der Waals surface area contributed by atoms with Crippen molar-refractivity contribution in [2.75, 3.05) is 12.3 Å². The Morgan fingerprint density at radius 1 is 1.40 bits per heavy atom. The number of carbonyl (C=O) groups is 1. The molecule has 0 bridgehead atoms. The minimum absolute atomic E-state index is 0.0789. The molecule has 1 heterocycles. The van der Waals surface area contributed by atoms with Crippen LogP contribution in [-0.2, 0) is 17.6 Å². The number of aryl methyl sites for hydroxylation is 1. The van der Waals surface area contributed by atoms with E-state index in [2.05, 4.69) is 15.5 Å². The number of benzene rings is 1. The molecule has 1 aromatic carbocycles. The van der Waals surface area contributed by atoms with Crippen LogP contribution in [0.1, 0.15) is 36.1 Å². The van der Waals surface area contributed by atoms with Crippen LogP contribution in [0.4, 0.5) is 10.2 Å². The summed E-state index contributed by atoms with van der Waals surface area (Å²) in [5.74, 6) is -0.522. The maximum Gasteiger partial charge on any atom is 0.224 e. The summed E-state index contributed by atoms with van der Waals surface area (Å²) < 4.78 is 13.6. The zero-order valence-corrected chi connectivity index (χ0v) is 14.4. The number of halogens is 2. The fourth-order valence-corrected chi connectivity index (χ4v) is 2.69. The normalized spacial score (nSPS) is 10.4. The van der Waals surface area contributed by atoms with Crippen LogP contribution in [0.25, 0.3) is 0 Å². The Morgan fingerprint density at radius 3 is 2.92 bits per heavy atom. The van der Waals surface area contributed by atoms with Crippen LogP contribution in [0, 0.1) is 17.1 Å². The smallest absolute Gasteiger partial charge is 0.224 e. The third-order valence-corrected chi connectivity index (χ3v) is 4.16. The summed E-state index contributed by atoms with van der Waals surface area (Å²) in [7, 11) is 0. The lowest BCUT2D eigenvalue weighted by molar-refractivity contribution is -0.120. The Balaban J connectivity index is 1.66. The summed E-state index contributed by atoms with van der Waals surface area (Å²) in [6, 6.07) is 6.37. The van der Waals surface area contributed by atoms with Crippen LogP contribution in [0.15, 0.2) is 18.2 Å². The van der Waals surface area contributed by atoms with Gasteiger partial charge in [0.05, 0.1) is 12.1 Å². The highest BCUT2D eigenvalue weighted by Crippen LogP contribution is 2.19. The van der Waals surface area contributed by atoms with Gasteiger partial charge in [0.1, 0.15) is 17.4 Å². The van der Waals surface area contributed by atoms with Crippen LogP contribution < -0.4 is 11.1 Å². The second-order valence-corrected chi connectivity index (χ2v) is 6.02. The number of nitrogens with zero attached hydrogens (tertiary/aromatic N) is 2. The molecule has 4 N–H and O–H groups in total. The number of nitrogen functional groups attached to an aromatic ring is 1. The van der Waals surface area contributed by atoms with Crippen molar-refractivity contribution in [3.8, 4) is 6.07 Å². The van der Waals surface area contributed by atoms with Crippen LogP contribution in [0.3, 0.4) is 0 Å². The molecule has 0 radical (unpaired) electrons. The fraction of sp³-hybridized carbons (Fsp3) is 0.353. The van der Waals surface area contributed by atoms with Crippen LogP contribution in [0.5, 0.6) is 0 Å². The Kier molecular flexibility index (Phi) is 6.78. The molecule has 0 unspecified atom stereocenters. The maximum absolute atomic E-state index is 13.6. The highest BCUT2D eigenvalue weighted by Gasteiger charge is 2.12. The molecule has 8 heteroatoms. The highest BCUT2D eigenvalue weighted by molar-refractivity contribution is 6.31. The van der Waals surface area contributed by atoms with E-state index in [1.165, 1.54) is 12.1 Å². The fourth-order valence-electron chi connectivity index (χ4n) is 2.46. The number of aromatic amines is 1. The predicted molar refractivity (Wildman–Crippen MR) is 93.4 cm³/mol. The molecule has 132 valence electrons. The van der Waals surface area contributed by atoms with E-state index in [0.717, 1.165) is 25.0 Å². The molecule has 0 saturated carbocycles. The van der Waals surface area contributed by atoms with E-state index in [1.807, 2.05) is 6.07 Å². The quantitative estimate of drug-likeness (QED) is 0.626. The number of hydrogen-bond acceptors (Lipinski definition) is 4. The van der Waals surface area contributed by atoms with Crippen molar-refractivity contribution in [2.24, 2.45) is 0 Å². The van der Waals surface area contributed by atoms with E-state index in [1.54, 1.807) is 6.07 Å². The second-order valence-electron chi connectivity index (χ2n) is 5.61. The van der Waals surface area contributed by atoms with Crippen molar-refractivity contribution in [1.29, 1.82) is 5.26 Å². The van der Waals surface area contributed by atoms with Gasteiger partial charge in [-0.1, -0.05) is 24.1 Å². The van der Waals surface area contributed by atoms with E-state index in [4.69, 9.17) is 22.6 Å². The van der Waals surface area contributed by atoms with E-state index >= 15 is 0 Å². The lowest BCUT2D eigenvalue weighted by Crippen LogP contribution is -2.26. The minimum Gasteiger partial charge on any atom is -0.381 e. The molecule has 0 atom stereocenters. The number of nitrogens with one attached hydrogen (secondary N) is 2. The van der Waals surface area contributed by atoms with Crippen molar-refractivity contribution in [2.45, 2.75) is 32.1 Å². The molecule has 0 saturated heterocycles. The maximum atomic E-state index is 13.6. The van der Waals surface area contributed by atoms with Crippen LogP contribution in [0.2, 0.25) is 5.02 Å². The number of amides is 1. The highest BCUT2D eigenvalue weighted by atomic mass is 35.5. The van der Waals surface area contributed by atoms with Crippen molar-refractivity contribution < 1.29 is 9.18 Å². The number of nitriles is 1. The van der Waals surface area contributed by atoms with Gasteiger partial charge in [-0.25, -0.2) is 4.39 Å². The summed E-state index contributed by atoms with van der Waals surface area (Å²) in [5, 5.41) is 18.6. The van der Waals surface area contributed by atoms with Gasteiger partial charge in [-0.2, -0.15) is 10.4 Å². The number of H-pyrrole nitrogens is 1. The lowest BCUT2D eigenvalue weighted by atomic mass is 10.1. The van der Waals surface area contributed by atoms with Gasteiger partial charge in [-0.3, -0.25) is 9.89 Å². The van der Waals surface area contributed by atoms with Crippen molar-refractivity contribution in [3.05, 3.63) is 45.9 Å². The molecule has 25 heavy (non-hydrogen) atoms. The predicted octanol–water partition coefficient (Wildman–Crippen LogP) is 2.73. The van der Waals surface area contributed by atoms with Gasteiger partial charge in [-0.15, -0.1) is 0 Å². The summed E-state index contributed by atoms with van der Waals surface area (Å²) in [6.07, 6.45) is 3.08. The number of hydrogen-bond donors (Lipinski definition) is 3. The van der Waals surface area contributed by atoms with Crippen LogP contribution >= 0.6 is 11.6 Å². The Morgan fingerprint density at radius 2 is 2.20 bits per heavy atom. The first-order valence-corrected chi connectivity index (χ1v) is 8.33. The summed E-state index contributed by atoms with van der Waals surface area (Å²) in [6.45, 7) is 0.501. The van der Waals surface area contributed by atoms with Gasteiger partial charge >= 0.3 is 0 Å². The van der Waals surface area contributed by atoms with Gasteiger partial charge in [0.25, 0.3) is 0 Å². The second kappa shape index (κ2) is 9.04. The third kappa shape index (κ3) is 5.19. The molecule has 0 fully saturated rings. The van der Waals surface area contributed by atoms with Crippen LogP contribution in [-0.4, -0.2) is 22.6 Å². The average Bonchev–Trinajstić information content (AvgIpc) is 2.94. The number of anilines is 1. The first-order valence-electron chi connectivity index (χ1n) is 7.95. The average molecular weight is 364 g/mol. The topological polar surface area (TPSA) is 108 Å². The van der Waals surface area contributed by atoms with Gasteiger partial charge in [0.2, 0.25) is 5.91 Å². The van der Waals surface area contributed by atoms with Gasteiger partial charge in [0.15, 0.2) is 5.82 Å². The minimum atomic E-state index is -0.477. The van der Waals surface area contributed by atoms with Crippen molar-refractivity contribution in [1.82, 2.24) is 15.5 Å². The zero-order chi connectivity index (χ0) is 18.2. The van der Waals surface area contributed by atoms with Gasteiger partial charge in [-0.05, 0) is 31.4 Å². The Hall–Kier alpha value is -2.59. The number of unbranched alkanes of at least 4 members (excludes halogenated alkanes) is 2. The standard InChI is InChI=1S/C17H19ClFN5O/c18-13-5-4-6-14(19)11(13)9-16(25)22-8-3-1-2-7-15-12(10-20)17(21)24-23-15/h4-6H,1-3,7-9H2,(H,22,25)(H3,21,23,24). The van der Waals surface area contributed by atoms with E-state index in [0.29, 0.717) is 18.5 Å². The molecule has 6 nitrogen and oxygen atoms in total. The Bertz CT molecular complexity index is 764. The molecular formula is C17H19ClFN5O. The largest absolute Gasteiger partial charge is 0.381 e. The van der Waals surface area contributed by atoms with E-state index in [9.17, 15) is 9.18 Å². The molecule has 1 aromatic heterocycles. The third-order valence-electron chi connectivity index (χ3n) is 3.81. The first-order chi connectivity index (χ1) is 12.0. The lowest BCUT2D eigenvalue weighted by Gasteiger charge is -2.07. The summed E-state index contributed by atoms with van der Waals surface area (Å²) in [4.78, 5) is 11.9. The number of carbonyl (C=O) groups excluding carboxylic acids is 1. The molecule has 0 spiro atoms. The number of aromatic nitrogens is 2. The molecule has 0 aliphatic rings. The monoisotopic (exact) mass is 363 g/mol. The van der Waals surface area contributed by atoms with Crippen molar-refractivity contribution in [3.63, 3.8) is 0 Å². The summed E-state index contributed by atoms with van der Waals surface area (Å²) in [5.41, 5.74) is 6.92. The molecule has 2 rings (SSSR count). The van der Waals surface area contributed by atoms with Gasteiger partial charge in [0, 0.05) is 17.1 Å². The SMILES string of the molecule is N#Cc1c(N)n[nH]c1CCCCCNC(=O)Cc1c(F)cccc1Cl.